The van der Waals surface area contributed by atoms with E-state index in [4.69, 9.17) is 11.2 Å². The number of pyridine rings is 1. The minimum Gasteiger partial charge on any atom is -0.497 e. The van der Waals surface area contributed by atoms with Gasteiger partial charge in [-0.15, -0.1) is 6.42 Å². The summed E-state index contributed by atoms with van der Waals surface area (Å²) >= 11 is 0. The van der Waals surface area contributed by atoms with Gasteiger partial charge >= 0.3 is 0 Å². The van der Waals surface area contributed by atoms with Crippen LogP contribution in [0.2, 0.25) is 0 Å². The Balaban J connectivity index is 1.69. The van der Waals surface area contributed by atoms with Gasteiger partial charge in [0.05, 0.1) is 18.2 Å². The zero-order valence-electron chi connectivity index (χ0n) is 17.2. The Hall–Kier alpha value is -4.63. The SMILES string of the molecule is C#Cc1ccc(-n2c(/C=C/c3c[nH]c4ccc(OC)cc34)nc3ncccc3c2=O)cc1. The number of terminal acetylenes is 1. The van der Waals surface area contributed by atoms with E-state index in [-0.39, 0.29) is 5.56 Å². The Morgan fingerprint density at radius 3 is 2.72 bits per heavy atom. The van der Waals surface area contributed by atoms with Crippen LogP contribution in [0.1, 0.15) is 17.0 Å². The molecular weight excluding hydrogens is 400 g/mol. The molecule has 0 aliphatic rings. The number of nitrogens with zero attached hydrogens (tertiary/aromatic N) is 3. The standard InChI is InChI=1S/C26H18N4O2/c1-3-17-6-9-19(10-7-17)30-24(29-25-21(26(30)31)5-4-14-27-25)13-8-18-16-28-23-12-11-20(32-2)15-22(18)23/h1,4-16,28H,2H3/b13-8+. The Labute approximate surface area is 183 Å². The summed E-state index contributed by atoms with van der Waals surface area (Å²) in [6.07, 6.45) is 12.7. The van der Waals surface area contributed by atoms with Gasteiger partial charge in [-0.2, -0.15) is 0 Å². The Kier molecular flexibility index (Phi) is 4.77. The van der Waals surface area contributed by atoms with Gasteiger partial charge in [0.2, 0.25) is 0 Å². The van der Waals surface area contributed by atoms with E-state index in [1.165, 1.54) is 0 Å². The summed E-state index contributed by atoms with van der Waals surface area (Å²) in [4.78, 5) is 25.5. The maximum Gasteiger partial charge on any atom is 0.267 e. The van der Waals surface area contributed by atoms with Gasteiger partial charge in [-0.25, -0.2) is 9.97 Å². The zero-order valence-corrected chi connectivity index (χ0v) is 17.2. The van der Waals surface area contributed by atoms with Gasteiger partial charge in [-0.05, 0) is 66.7 Å². The molecule has 0 aliphatic carbocycles. The molecule has 0 fully saturated rings. The van der Waals surface area contributed by atoms with Gasteiger partial charge in [0.25, 0.3) is 5.56 Å². The van der Waals surface area contributed by atoms with Crippen molar-refractivity contribution in [2.45, 2.75) is 0 Å². The molecule has 0 aliphatic heterocycles. The third-order valence-electron chi connectivity index (χ3n) is 5.29. The van der Waals surface area contributed by atoms with Crippen molar-refractivity contribution in [3.8, 4) is 23.8 Å². The third-order valence-corrected chi connectivity index (χ3v) is 5.29. The lowest BCUT2D eigenvalue weighted by molar-refractivity contribution is 0.415. The molecule has 5 rings (SSSR count). The fourth-order valence-corrected chi connectivity index (χ4v) is 3.65. The van der Waals surface area contributed by atoms with E-state index in [2.05, 4.69) is 20.9 Å². The third kappa shape index (κ3) is 3.32. The lowest BCUT2D eigenvalue weighted by Crippen LogP contribution is -2.22. The van der Waals surface area contributed by atoms with Crippen LogP contribution >= 0.6 is 0 Å². The van der Waals surface area contributed by atoms with Crippen molar-refractivity contribution in [2.24, 2.45) is 0 Å². The summed E-state index contributed by atoms with van der Waals surface area (Å²) in [6, 6.07) is 16.5. The van der Waals surface area contributed by atoms with Gasteiger partial charge in [0, 0.05) is 34.4 Å². The number of ether oxygens (including phenoxy) is 1. The molecule has 0 spiro atoms. The number of hydrogen-bond acceptors (Lipinski definition) is 4. The fourth-order valence-electron chi connectivity index (χ4n) is 3.65. The quantitative estimate of drug-likeness (QED) is 0.439. The van der Waals surface area contributed by atoms with Crippen LogP contribution < -0.4 is 10.3 Å². The van der Waals surface area contributed by atoms with Crippen LogP contribution in [0.5, 0.6) is 5.75 Å². The van der Waals surface area contributed by atoms with Gasteiger partial charge in [0.15, 0.2) is 5.65 Å². The highest BCUT2D eigenvalue weighted by atomic mass is 16.5. The molecule has 0 saturated heterocycles. The minimum absolute atomic E-state index is 0.197. The number of H-pyrrole nitrogens is 1. The van der Waals surface area contributed by atoms with Crippen molar-refractivity contribution in [3.63, 3.8) is 0 Å². The monoisotopic (exact) mass is 418 g/mol. The number of rotatable bonds is 4. The summed E-state index contributed by atoms with van der Waals surface area (Å²) in [5.41, 5.74) is 3.55. The fraction of sp³-hybridized carbons (Fsp3) is 0.0385. The molecule has 0 unspecified atom stereocenters. The minimum atomic E-state index is -0.197. The van der Waals surface area contributed by atoms with Gasteiger partial charge < -0.3 is 9.72 Å². The van der Waals surface area contributed by atoms with Crippen molar-refractivity contribution >= 4 is 34.1 Å². The number of benzene rings is 2. The first-order valence-corrected chi connectivity index (χ1v) is 9.96. The zero-order chi connectivity index (χ0) is 22.1. The van der Waals surface area contributed by atoms with Crippen molar-refractivity contribution in [1.82, 2.24) is 19.5 Å². The van der Waals surface area contributed by atoms with E-state index in [9.17, 15) is 4.79 Å². The molecule has 3 aromatic heterocycles. The average Bonchev–Trinajstić information content (AvgIpc) is 3.25. The number of hydrogen-bond donors (Lipinski definition) is 1. The maximum atomic E-state index is 13.3. The van der Waals surface area contributed by atoms with Gasteiger partial charge in [0.1, 0.15) is 11.6 Å². The van der Waals surface area contributed by atoms with Crippen LogP contribution in [-0.4, -0.2) is 26.6 Å². The number of fused-ring (bicyclic) bond motifs is 2. The summed E-state index contributed by atoms with van der Waals surface area (Å²) in [6.45, 7) is 0. The topological polar surface area (TPSA) is 72.8 Å². The average molecular weight is 418 g/mol. The molecular formula is C26H18N4O2. The number of aromatic amines is 1. The predicted molar refractivity (Wildman–Crippen MR) is 127 cm³/mol. The number of methoxy groups -OCH3 is 1. The Morgan fingerprint density at radius 1 is 1.09 bits per heavy atom. The summed E-state index contributed by atoms with van der Waals surface area (Å²) < 4.78 is 6.92. The molecule has 0 saturated carbocycles. The molecule has 32 heavy (non-hydrogen) atoms. The summed E-state index contributed by atoms with van der Waals surface area (Å²) in [5, 5.41) is 1.45. The maximum absolute atomic E-state index is 13.3. The van der Waals surface area contributed by atoms with Crippen LogP contribution in [0.3, 0.4) is 0 Å². The van der Waals surface area contributed by atoms with Crippen LogP contribution in [-0.2, 0) is 0 Å². The molecule has 154 valence electrons. The molecule has 0 bridgehead atoms. The first-order chi connectivity index (χ1) is 15.7. The lowest BCUT2D eigenvalue weighted by Gasteiger charge is -2.11. The summed E-state index contributed by atoms with van der Waals surface area (Å²) in [5.74, 6) is 3.83. The molecule has 0 radical (unpaired) electrons. The lowest BCUT2D eigenvalue weighted by atomic mass is 10.1. The van der Waals surface area contributed by atoms with Crippen LogP contribution in [0.15, 0.2) is 71.8 Å². The number of nitrogens with one attached hydrogen (secondary N) is 1. The van der Waals surface area contributed by atoms with E-state index >= 15 is 0 Å². The second-order valence-corrected chi connectivity index (χ2v) is 7.17. The van der Waals surface area contributed by atoms with E-state index in [0.29, 0.717) is 22.5 Å². The van der Waals surface area contributed by atoms with E-state index in [1.807, 2.05) is 48.7 Å². The molecule has 3 heterocycles. The Bertz CT molecular complexity index is 1590. The van der Waals surface area contributed by atoms with Gasteiger partial charge in [-0.3, -0.25) is 9.36 Å². The summed E-state index contributed by atoms with van der Waals surface area (Å²) in [7, 11) is 1.64. The van der Waals surface area contributed by atoms with E-state index < -0.39 is 0 Å². The Morgan fingerprint density at radius 2 is 1.94 bits per heavy atom. The largest absolute Gasteiger partial charge is 0.497 e. The molecule has 6 nitrogen and oxygen atoms in total. The first kappa shape index (κ1) is 19.3. The predicted octanol–water partition coefficient (Wildman–Crippen LogP) is 4.42. The highest BCUT2D eigenvalue weighted by Crippen LogP contribution is 2.25. The highest BCUT2D eigenvalue weighted by molar-refractivity contribution is 5.92. The molecule has 5 aromatic rings. The highest BCUT2D eigenvalue weighted by Gasteiger charge is 2.12. The van der Waals surface area contributed by atoms with Crippen molar-refractivity contribution < 1.29 is 4.74 Å². The van der Waals surface area contributed by atoms with E-state index in [1.54, 1.807) is 42.1 Å². The molecule has 0 amide bonds. The normalized spacial score (nSPS) is 11.2. The van der Waals surface area contributed by atoms with E-state index in [0.717, 1.165) is 27.8 Å². The second kappa shape index (κ2) is 7.89. The second-order valence-electron chi connectivity index (χ2n) is 7.17. The molecule has 0 atom stereocenters. The molecule has 2 aromatic carbocycles. The smallest absolute Gasteiger partial charge is 0.267 e. The number of aromatic nitrogens is 4. The first-order valence-electron chi connectivity index (χ1n) is 9.96. The van der Waals surface area contributed by atoms with Crippen LogP contribution in [0, 0.1) is 12.3 Å². The van der Waals surface area contributed by atoms with Crippen molar-refractivity contribution in [3.05, 3.63) is 94.3 Å². The van der Waals surface area contributed by atoms with Crippen LogP contribution in [0.25, 0.3) is 39.8 Å². The van der Waals surface area contributed by atoms with Crippen LogP contribution in [0.4, 0.5) is 0 Å². The molecule has 1 N–H and O–H groups in total. The van der Waals surface area contributed by atoms with Gasteiger partial charge in [-0.1, -0.05) is 5.92 Å². The molecule has 6 heteroatoms. The van der Waals surface area contributed by atoms with Crippen molar-refractivity contribution in [1.29, 1.82) is 0 Å². The van der Waals surface area contributed by atoms with Crippen molar-refractivity contribution in [2.75, 3.05) is 7.11 Å².